The Hall–Kier alpha value is -1.77. The van der Waals surface area contributed by atoms with Crippen LogP contribution < -0.4 is 4.90 Å². The van der Waals surface area contributed by atoms with Crippen LogP contribution in [0.3, 0.4) is 0 Å². The Balaban J connectivity index is 1.52. The van der Waals surface area contributed by atoms with Gasteiger partial charge in [0.2, 0.25) is 0 Å². The third-order valence-electron chi connectivity index (χ3n) is 6.85. The lowest BCUT2D eigenvalue weighted by Crippen LogP contribution is -2.24. The molecule has 0 N–H and O–H groups in total. The van der Waals surface area contributed by atoms with Gasteiger partial charge in [-0.1, -0.05) is 49.0 Å². The molecule has 0 bridgehead atoms. The molecule has 146 valence electrons. The first-order valence-corrected chi connectivity index (χ1v) is 11.1. The largest absolute Gasteiger partial charge is 0.368 e. The van der Waals surface area contributed by atoms with Gasteiger partial charge in [0, 0.05) is 19.0 Å². The Bertz CT molecular complexity index is 739. The molecule has 1 saturated carbocycles. The van der Waals surface area contributed by atoms with Crippen LogP contribution in [0.2, 0.25) is 0 Å². The third kappa shape index (κ3) is 3.93. The summed E-state index contributed by atoms with van der Waals surface area (Å²) in [6, 6.07) is 7.37. The molecule has 0 radical (unpaired) electrons. The lowest BCUT2D eigenvalue weighted by molar-refractivity contribution is 0.399. The van der Waals surface area contributed by atoms with Crippen molar-refractivity contribution in [2.75, 3.05) is 18.0 Å². The number of benzene rings is 1. The highest BCUT2D eigenvalue weighted by atomic mass is 16.5. The molecule has 2 aliphatic carbocycles. The zero-order valence-electron chi connectivity index (χ0n) is 17.0. The van der Waals surface area contributed by atoms with Crippen molar-refractivity contribution in [1.29, 1.82) is 0 Å². The Morgan fingerprint density at radius 2 is 1.74 bits per heavy atom. The van der Waals surface area contributed by atoms with E-state index >= 15 is 0 Å². The average Bonchev–Trinajstić information content (AvgIpc) is 3.02. The summed E-state index contributed by atoms with van der Waals surface area (Å²) in [7, 11) is 0. The molecule has 1 fully saturated rings. The highest BCUT2D eigenvalue weighted by Gasteiger charge is 2.27. The molecule has 1 unspecified atom stereocenters. The quantitative estimate of drug-likeness (QED) is 0.587. The molecule has 2 aliphatic rings. The molecule has 2 aromatic rings. The molecule has 3 heteroatoms. The fourth-order valence-electron chi connectivity index (χ4n) is 5.20. The average molecular weight is 367 g/mol. The fourth-order valence-corrected chi connectivity index (χ4v) is 5.20. The summed E-state index contributed by atoms with van der Waals surface area (Å²) in [5, 5.41) is 4.41. The van der Waals surface area contributed by atoms with E-state index in [9.17, 15) is 0 Å². The lowest BCUT2D eigenvalue weighted by Gasteiger charge is -2.27. The zero-order valence-corrected chi connectivity index (χ0v) is 17.0. The van der Waals surface area contributed by atoms with Gasteiger partial charge in [0.05, 0.1) is 0 Å². The number of hydrogen-bond acceptors (Lipinski definition) is 3. The lowest BCUT2D eigenvalue weighted by atomic mass is 9.79. The van der Waals surface area contributed by atoms with Crippen molar-refractivity contribution < 1.29 is 4.52 Å². The summed E-state index contributed by atoms with van der Waals surface area (Å²) >= 11 is 0. The summed E-state index contributed by atoms with van der Waals surface area (Å²) in [6.45, 7) is 6.40. The van der Waals surface area contributed by atoms with Crippen molar-refractivity contribution >= 4 is 5.69 Å². The number of rotatable bonds is 5. The van der Waals surface area contributed by atoms with Gasteiger partial charge < -0.3 is 9.42 Å². The van der Waals surface area contributed by atoms with Crippen LogP contribution in [0, 0.1) is 0 Å². The van der Waals surface area contributed by atoms with Crippen molar-refractivity contribution in [3.05, 3.63) is 46.8 Å². The van der Waals surface area contributed by atoms with Gasteiger partial charge in [-0.3, -0.25) is 0 Å². The minimum Gasteiger partial charge on any atom is -0.368 e. The molecule has 27 heavy (non-hydrogen) atoms. The zero-order chi connectivity index (χ0) is 18.6. The predicted octanol–water partition coefficient (Wildman–Crippen LogP) is 6.23. The van der Waals surface area contributed by atoms with Gasteiger partial charge in [-0.2, -0.15) is 0 Å². The monoisotopic (exact) mass is 366 g/mol. The van der Waals surface area contributed by atoms with E-state index < -0.39 is 0 Å². The normalized spacial score (nSPS) is 20.9. The van der Waals surface area contributed by atoms with E-state index in [0.717, 1.165) is 31.1 Å². The summed E-state index contributed by atoms with van der Waals surface area (Å²) in [6.07, 6.45) is 13.7. The number of fused-ring (bicyclic) bond motifs is 1. The van der Waals surface area contributed by atoms with Crippen LogP contribution in [-0.2, 0) is 12.8 Å². The molecule has 1 heterocycles. The third-order valence-corrected chi connectivity index (χ3v) is 6.85. The minimum atomic E-state index is 0.482. The van der Waals surface area contributed by atoms with E-state index in [1.54, 1.807) is 11.1 Å². The molecule has 3 nitrogen and oxygen atoms in total. The maximum atomic E-state index is 5.39. The van der Waals surface area contributed by atoms with Crippen LogP contribution in [0.15, 0.2) is 29.0 Å². The number of aryl methyl sites for hydroxylation is 1. The Labute approximate surface area is 164 Å². The molecule has 0 amide bonds. The summed E-state index contributed by atoms with van der Waals surface area (Å²) < 4.78 is 5.39. The second kappa shape index (κ2) is 8.50. The highest BCUT2D eigenvalue weighted by Crippen LogP contribution is 2.39. The Morgan fingerprint density at radius 1 is 0.963 bits per heavy atom. The summed E-state index contributed by atoms with van der Waals surface area (Å²) in [5.41, 5.74) is 7.07. The Morgan fingerprint density at radius 3 is 2.48 bits per heavy atom. The second-order valence-electron chi connectivity index (χ2n) is 8.41. The van der Waals surface area contributed by atoms with Gasteiger partial charge in [0.25, 0.3) is 0 Å². The number of aromatic nitrogens is 1. The van der Waals surface area contributed by atoms with Crippen LogP contribution in [-0.4, -0.2) is 18.2 Å². The van der Waals surface area contributed by atoms with E-state index in [1.807, 2.05) is 6.26 Å². The van der Waals surface area contributed by atoms with E-state index in [-0.39, 0.29) is 0 Å². The molecule has 1 atom stereocenters. The number of hydrogen-bond donors (Lipinski definition) is 0. The summed E-state index contributed by atoms with van der Waals surface area (Å²) in [4.78, 5) is 2.36. The molecule has 0 spiro atoms. The van der Waals surface area contributed by atoms with Crippen LogP contribution in [0.25, 0.3) is 0 Å². The second-order valence-corrected chi connectivity index (χ2v) is 8.41. The first-order chi connectivity index (χ1) is 13.3. The highest BCUT2D eigenvalue weighted by molar-refractivity contribution is 5.51. The number of nitrogens with zero attached hydrogens (tertiary/aromatic N) is 2. The minimum absolute atomic E-state index is 0.482. The maximum Gasteiger partial charge on any atom is 0.147 e. The van der Waals surface area contributed by atoms with Crippen molar-refractivity contribution in [2.24, 2.45) is 0 Å². The SMILES string of the molecule is CCN(CC)c1conc1C1CCc2cc(C3CCCCCC3)ccc2C1. The van der Waals surface area contributed by atoms with E-state index in [2.05, 4.69) is 42.1 Å². The van der Waals surface area contributed by atoms with Crippen LogP contribution in [0.5, 0.6) is 0 Å². The van der Waals surface area contributed by atoms with E-state index in [4.69, 9.17) is 4.52 Å². The standard InChI is InChI=1S/C24H34N2O/c1-3-26(4-2)23-17-27-25-24(23)22-14-13-20-15-19(11-12-21(20)16-22)18-9-7-5-6-8-10-18/h11-12,15,17-18,22H,3-10,13-14,16H2,1-2H3. The van der Waals surface area contributed by atoms with Crippen LogP contribution >= 0.6 is 0 Å². The molecule has 0 aliphatic heterocycles. The smallest absolute Gasteiger partial charge is 0.147 e. The summed E-state index contributed by atoms with van der Waals surface area (Å²) in [5.74, 6) is 1.27. The molecule has 1 aromatic heterocycles. The van der Waals surface area contributed by atoms with Crippen LogP contribution in [0.4, 0.5) is 5.69 Å². The van der Waals surface area contributed by atoms with Crippen LogP contribution in [0.1, 0.15) is 93.0 Å². The maximum absolute atomic E-state index is 5.39. The topological polar surface area (TPSA) is 29.3 Å². The first-order valence-electron chi connectivity index (χ1n) is 11.1. The van der Waals surface area contributed by atoms with E-state index in [1.165, 1.54) is 62.6 Å². The van der Waals surface area contributed by atoms with Crippen molar-refractivity contribution in [3.63, 3.8) is 0 Å². The van der Waals surface area contributed by atoms with Crippen molar-refractivity contribution in [3.8, 4) is 0 Å². The first kappa shape index (κ1) is 18.6. The van der Waals surface area contributed by atoms with Gasteiger partial charge in [0.1, 0.15) is 17.6 Å². The van der Waals surface area contributed by atoms with Gasteiger partial charge in [-0.05, 0) is 68.6 Å². The van der Waals surface area contributed by atoms with Gasteiger partial charge in [-0.25, -0.2) is 0 Å². The van der Waals surface area contributed by atoms with Gasteiger partial charge in [-0.15, -0.1) is 0 Å². The van der Waals surface area contributed by atoms with Crippen molar-refractivity contribution in [2.45, 2.75) is 83.5 Å². The van der Waals surface area contributed by atoms with Gasteiger partial charge >= 0.3 is 0 Å². The number of anilines is 1. The van der Waals surface area contributed by atoms with E-state index in [0.29, 0.717) is 5.92 Å². The molecular formula is C24H34N2O. The molecular weight excluding hydrogens is 332 g/mol. The molecule has 1 aromatic carbocycles. The Kier molecular flexibility index (Phi) is 5.85. The van der Waals surface area contributed by atoms with Gasteiger partial charge in [0.15, 0.2) is 0 Å². The molecule has 0 saturated heterocycles. The fraction of sp³-hybridized carbons (Fsp3) is 0.625. The predicted molar refractivity (Wildman–Crippen MR) is 112 cm³/mol. The van der Waals surface area contributed by atoms with Crippen molar-refractivity contribution in [1.82, 2.24) is 5.16 Å². The molecule has 4 rings (SSSR count).